The molecule has 2 aromatic carbocycles. The van der Waals surface area contributed by atoms with Gasteiger partial charge in [-0.25, -0.2) is 9.37 Å². The zero-order valence-electron chi connectivity index (χ0n) is 12.4. The van der Waals surface area contributed by atoms with Gasteiger partial charge < -0.3 is 16.2 Å². The van der Waals surface area contributed by atoms with Crippen LogP contribution in [0.3, 0.4) is 0 Å². The monoisotopic (exact) mass is 321 g/mol. The lowest BCUT2D eigenvalue weighted by atomic mass is 10.1. The zero-order valence-corrected chi connectivity index (χ0v) is 12.4. The number of nitrogens with zero attached hydrogens (tertiary/aromatic N) is 3. The number of nitriles is 1. The van der Waals surface area contributed by atoms with Crippen molar-refractivity contribution in [3.05, 3.63) is 59.9 Å². The molecule has 0 saturated heterocycles. The molecule has 1 heterocycles. The Morgan fingerprint density at radius 3 is 2.08 bits per heavy atom. The van der Waals surface area contributed by atoms with Gasteiger partial charge in [-0.3, -0.25) is 0 Å². The molecule has 0 unspecified atom stereocenters. The van der Waals surface area contributed by atoms with Crippen LogP contribution in [-0.4, -0.2) is 9.97 Å². The quantitative estimate of drug-likeness (QED) is 0.766. The molecule has 0 atom stereocenters. The molecule has 0 saturated carbocycles. The van der Waals surface area contributed by atoms with Crippen molar-refractivity contribution in [2.24, 2.45) is 0 Å². The molecular formula is C17H12FN5O. The first kappa shape index (κ1) is 15.2. The minimum absolute atomic E-state index is 0.00635. The number of nitrogens with two attached hydrogens (primary N) is 2. The summed E-state index contributed by atoms with van der Waals surface area (Å²) in [7, 11) is 0. The second kappa shape index (κ2) is 6.22. The maximum absolute atomic E-state index is 12.9. The minimum atomic E-state index is -0.333. The van der Waals surface area contributed by atoms with E-state index in [0.717, 1.165) is 0 Å². The van der Waals surface area contributed by atoms with Gasteiger partial charge in [-0.15, -0.1) is 0 Å². The summed E-state index contributed by atoms with van der Waals surface area (Å²) in [4.78, 5) is 7.86. The van der Waals surface area contributed by atoms with Gasteiger partial charge in [0.15, 0.2) is 0 Å². The number of halogens is 1. The van der Waals surface area contributed by atoms with E-state index in [1.807, 2.05) is 6.07 Å². The fourth-order valence-electron chi connectivity index (χ4n) is 2.13. The second-order valence-electron chi connectivity index (χ2n) is 4.88. The van der Waals surface area contributed by atoms with Crippen LogP contribution in [0.5, 0.6) is 11.5 Å². The molecular weight excluding hydrogens is 309 g/mol. The average Bonchev–Trinajstić information content (AvgIpc) is 2.57. The fourth-order valence-corrected chi connectivity index (χ4v) is 2.13. The van der Waals surface area contributed by atoms with Crippen molar-refractivity contribution >= 4 is 11.8 Å². The highest BCUT2D eigenvalue weighted by Crippen LogP contribution is 2.28. The lowest BCUT2D eigenvalue weighted by Crippen LogP contribution is -2.04. The van der Waals surface area contributed by atoms with Crippen LogP contribution >= 0.6 is 0 Å². The van der Waals surface area contributed by atoms with Gasteiger partial charge in [0.2, 0.25) is 5.95 Å². The van der Waals surface area contributed by atoms with Gasteiger partial charge in [0, 0.05) is 5.56 Å². The number of aromatic nitrogens is 2. The van der Waals surface area contributed by atoms with Crippen LogP contribution in [0.25, 0.3) is 11.3 Å². The Morgan fingerprint density at radius 2 is 1.50 bits per heavy atom. The SMILES string of the molecule is N#Cc1c(N)nc(N)nc1-c1ccc(Oc2ccc(F)cc2)cc1. The van der Waals surface area contributed by atoms with E-state index < -0.39 is 0 Å². The first-order chi connectivity index (χ1) is 11.6. The van der Waals surface area contributed by atoms with Gasteiger partial charge in [-0.05, 0) is 48.5 Å². The van der Waals surface area contributed by atoms with Crippen molar-refractivity contribution in [3.63, 3.8) is 0 Å². The van der Waals surface area contributed by atoms with Gasteiger partial charge in [0.05, 0.1) is 5.69 Å². The summed E-state index contributed by atoms with van der Waals surface area (Å²) in [5, 5.41) is 9.22. The van der Waals surface area contributed by atoms with E-state index in [1.54, 1.807) is 24.3 Å². The third-order valence-corrected chi connectivity index (χ3v) is 3.24. The maximum atomic E-state index is 12.9. The molecule has 0 fully saturated rings. The van der Waals surface area contributed by atoms with E-state index in [9.17, 15) is 9.65 Å². The molecule has 6 nitrogen and oxygen atoms in total. The highest BCUT2D eigenvalue weighted by molar-refractivity contribution is 5.73. The summed E-state index contributed by atoms with van der Waals surface area (Å²) >= 11 is 0. The van der Waals surface area contributed by atoms with Crippen LogP contribution in [0.4, 0.5) is 16.2 Å². The molecule has 0 amide bonds. The molecule has 0 aliphatic heterocycles. The normalized spacial score (nSPS) is 10.2. The molecule has 1 aromatic heterocycles. The van der Waals surface area contributed by atoms with E-state index in [0.29, 0.717) is 22.8 Å². The number of hydrogen-bond acceptors (Lipinski definition) is 6. The summed E-state index contributed by atoms with van der Waals surface area (Å²) in [6, 6.07) is 14.5. The largest absolute Gasteiger partial charge is 0.457 e. The standard InChI is InChI=1S/C17H12FN5O/c18-11-3-7-13(8-4-11)24-12-5-1-10(2-6-12)15-14(9-19)16(20)23-17(21)22-15/h1-8H,(H4,20,21,22,23). The number of anilines is 2. The second-order valence-corrected chi connectivity index (χ2v) is 4.88. The highest BCUT2D eigenvalue weighted by Gasteiger charge is 2.13. The molecule has 7 heteroatoms. The predicted molar refractivity (Wildman–Crippen MR) is 87.5 cm³/mol. The summed E-state index contributed by atoms with van der Waals surface area (Å²) < 4.78 is 18.5. The smallest absolute Gasteiger partial charge is 0.222 e. The Morgan fingerprint density at radius 1 is 0.917 bits per heavy atom. The number of rotatable bonds is 3. The van der Waals surface area contributed by atoms with Crippen LogP contribution in [0.2, 0.25) is 0 Å². The molecule has 24 heavy (non-hydrogen) atoms. The lowest BCUT2D eigenvalue weighted by molar-refractivity contribution is 0.480. The zero-order chi connectivity index (χ0) is 17.1. The summed E-state index contributed by atoms with van der Waals surface area (Å²) in [5.74, 6) is 0.761. The van der Waals surface area contributed by atoms with Crippen LogP contribution < -0.4 is 16.2 Å². The molecule has 0 spiro atoms. The molecule has 4 N–H and O–H groups in total. The average molecular weight is 321 g/mol. The van der Waals surface area contributed by atoms with Gasteiger partial charge in [0.1, 0.15) is 34.8 Å². The van der Waals surface area contributed by atoms with Crippen molar-refractivity contribution < 1.29 is 9.13 Å². The maximum Gasteiger partial charge on any atom is 0.222 e. The fraction of sp³-hybridized carbons (Fsp3) is 0. The van der Waals surface area contributed by atoms with Crippen molar-refractivity contribution in [1.29, 1.82) is 5.26 Å². The van der Waals surface area contributed by atoms with E-state index in [1.165, 1.54) is 24.3 Å². The topological polar surface area (TPSA) is 111 Å². The van der Waals surface area contributed by atoms with Crippen LogP contribution in [-0.2, 0) is 0 Å². The molecule has 118 valence electrons. The van der Waals surface area contributed by atoms with E-state index in [2.05, 4.69) is 9.97 Å². The van der Waals surface area contributed by atoms with E-state index in [-0.39, 0.29) is 23.1 Å². The van der Waals surface area contributed by atoms with Crippen molar-refractivity contribution in [1.82, 2.24) is 9.97 Å². The molecule has 0 aliphatic carbocycles. The van der Waals surface area contributed by atoms with Gasteiger partial charge in [-0.2, -0.15) is 10.2 Å². The summed E-state index contributed by atoms with van der Waals surface area (Å²) in [5.41, 5.74) is 12.5. The van der Waals surface area contributed by atoms with E-state index >= 15 is 0 Å². The van der Waals surface area contributed by atoms with Crippen LogP contribution in [0.1, 0.15) is 5.56 Å². The minimum Gasteiger partial charge on any atom is -0.457 e. The lowest BCUT2D eigenvalue weighted by Gasteiger charge is -2.09. The third-order valence-electron chi connectivity index (χ3n) is 3.24. The Kier molecular flexibility index (Phi) is 3.95. The Balaban J connectivity index is 1.90. The van der Waals surface area contributed by atoms with Crippen molar-refractivity contribution in [3.8, 4) is 28.8 Å². The third kappa shape index (κ3) is 3.08. The summed E-state index contributed by atoms with van der Waals surface area (Å²) in [6.45, 7) is 0. The molecule has 3 aromatic rings. The van der Waals surface area contributed by atoms with Crippen LogP contribution in [0, 0.1) is 17.1 Å². The van der Waals surface area contributed by atoms with Gasteiger partial charge in [-0.1, -0.05) is 0 Å². The number of ether oxygens (including phenoxy) is 1. The molecule has 0 aliphatic rings. The summed E-state index contributed by atoms with van der Waals surface area (Å²) in [6.07, 6.45) is 0. The number of nitrogen functional groups attached to an aromatic ring is 2. The predicted octanol–water partition coefficient (Wildman–Crippen LogP) is 3.11. The Labute approximate surface area is 137 Å². The van der Waals surface area contributed by atoms with Crippen LogP contribution in [0.15, 0.2) is 48.5 Å². The molecule has 0 bridgehead atoms. The van der Waals surface area contributed by atoms with Crippen molar-refractivity contribution in [2.45, 2.75) is 0 Å². The van der Waals surface area contributed by atoms with Gasteiger partial charge in [0.25, 0.3) is 0 Å². The first-order valence-electron chi connectivity index (χ1n) is 6.94. The Hall–Kier alpha value is -3.66. The van der Waals surface area contributed by atoms with E-state index in [4.69, 9.17) is 16.2 Å². The van der Waals surface area contributed by atoms with Gasteiger partial charge >= 0.3 is 0 Å². The highest BCUT2D eigenvalue weighted by atomic mass is 19.1. The first-order valence-corrected chi connectivity index (χ1v) is 6.94. The number of benzene rings is 2. The van der Waals surface area contributed by atoms with Crippen molar-refractivity contribution in [2.75, 3.05) is 11.5 Å². The number of hydrogen-bond donors (Lipinski definition) is 2. The Bertz CT molecular complexity index is 917. The molecule has 0 radical (unpaired) electrons. The molecule has 3 rings (SSSR count).